The number of benzene rings is 2. The summed E-state index contributed by atoms with van der Waals surface area (Å²) in [4.78, 5) is 22.6. The molecule has 0 radical (unpaired) electrons. The summed E-state index contributed by atoms with van der Waals surface area (Å²) in [6, 6.07) is 18.7. The molecule has 4 N–H and O–H groups in total. The fraction of sp³-hybridized carbons (Fsp3) is 0.318. The molecule has 7 heterocycles. The highest BCUT2D eigenvalue weighted by Crippen LogP contribution is 2.27. The molecule has 2 aliphatic heterocycles. The zero-order valence-corrected chi connectivity index (χ0v) is 32.7. The highest BCUT2D eigenvalue weighted by atomic mass is 16.3. The summed E-state index contributed by atoms with van der Waals surface area (Å²) in [5.74, 6) is 2.84. The first kappa shape index (κ1) is 36.8. The van der Waals surface area contributed by atoms with Gasteiger partial charge in [0.1, 0.15) is 11.6 Å². The lowest BCUT2D eigenvalue weighted by atomic mass is 10.1. The molecule has 0 unspecified atom stereocenters. The summed E-state index contributed by atoms with van der Waals surface area (Å²) >= 11 is 0. The Balaban J connectivity index is 0.000000148. The van der Waals surface area contributed by atoms with Crippen molar-refractivity contribution in [2.24, 2.45) is 7.05 Å². The Kier molecular flexibility index (Phi) is 10.1. The first-order chi connectivity index (χ1) is 27.7. The molecule has 5 aromatic heterocycles. The Morgan fingerprint density at radius 1 is 0.649 bits per heavy atom. The number of hydrogen-bond donors (Lipinski definition) is 4. The number of nitrogens with zero attached hydrogens (tertiary/aromatic N) is 9. The van der Waals surface area contributed by atoms with Gasteiger partial charge in [0.15, 0.2) is 0 Å². The zero-order chi connectivity index (χ0) is 39.0. The van der Waals surface area contributed by atoms with E-state index in [-0.39, 0.29) is 12.2 Å². The van der Waals surface area contributed by atoms with Gasteiger partial charge in [0.05, 0.1) is 12.2 Å². The van der Waals surface area contributed by atoms with Gasteiger partial charge < -0.3 is 34.5 Å². The number of β-amino-alcohol motifs (C(OH)–C–C–N with tert-alkyl or cyclic N) is 2. The van der Waals surface area contributed by atoms with Crippen LogP contribution in [0.15, 0.2) is 98.0 Å². The van der Waals surface area contributed by atoms with Gasteiger partial charge >= 0.3 is 0 Å². The molecule has 7 aromatic rings. The van der Waals surface area contributed by atoms with Crippen LogP contribution in [0, 0.1) is 13.8 Å². The van der Waals surface area contributed by atoms with Crippen LogP contribution in [0.5, 0.6) is 0 Å². The molecular weight excluding hydrogens is 715 g/mol. The number of aliphatic hydroxyl groups is 2. The van der Waals surface area contributed by atoms with Crippen molar-refractivity contribution in [2.75, 3.05) is 36.8 Å². The van der Waals surface area contributed by atoms with E-state index in [1.54, 1.807) is 12.4 Å². The van der Waals surface area contributed by atoms with Gasteiger partial charge in [-0.25, -0.2) is 9.97 Å². The molecule has 2 saturated heterocycles. The van der Waals surface area contributed by atoms with E-state index in [1.165, 1.54) is 57.1 Å². The number of likely N-dealkylation sites (tertiary alicyclic amines) is 2. The highest BCUT2D eigenvalue weighted by molar-refractivity contribution is 5.84. The van der Waals surface area contributed by atoms with Gasteiger partial charge in [-0.3, -0.25) is 9.80 Å². The van der Waals surface area contributed by atoms with Crippen LogP contribution in [0.1, 0.15) is 39.8 Å². The number of aryl methyl sites for hydroxylation is 5. The van der Waals surface area contributed by atoms with Crippen molar-refractivity contribution in [3.63, 3.8) is 0 Å². The fourth-order valence-corrected chi connectivity index (χ4v) is 7.99. The summed E-state index contributed by atoms with van der Waals surface area (Å²) < 4.78 is 6.19. The van der Waals surface area contributed by atoms with Crippen molar-refractivity contribution >= 4 is 34.2 Å². The number of aliphatic hydroxyl groups excluding tert-OH is 2. The number of rotatable bonds is 10. The number of aromatic nitrogens is 7. The normalized spacial score (nSPS) is 15.9. The van der Waals surface area contributed by atoms with Gasteiger partial charge in [-0.15, -0.1) is 0 Å². The average molecular weight is 764 g/mol. The standard InChI is InChI=1S/C22H24N6O.C22H25N5O/c1-15-10-28(12-17(15)11-27-13-19(29)14-27)21-5-7-23-22(25-21)24-18-3-4-20-16(9-18)6-8-26(20)2;1-15-10-27(12-18(15)11-26-13-20(28)14-26)21-7-8-23-22(25-21)24-19-6-5-16-3-2-4-17(16)9-19/h3-10,12,19,29H,11,13-14H2,1-2H3,(H,23,24,25);5-10,12,20,28H,2-4,11,13-14H2,1H3,(H,23,24,25). The van der Waals surface area contributed by atoms with E-state index in [2.05, 4.69) is 126 Å². The first-order valence-corrected chi connectivity index (χ1v) is 19.7. The number of hydrogen-bond acceptors (Lipinski definition) is 10. The molecule has 0 amide bonds. The molecule has 0 atom stereocenters. The van der Waals surface area contributed by atoms with Gasteiger partial charge in [-0.2, -0.15) is 9.97 Å². The van der Waals surface area contributed by atoms with E-state index in [9.17, 15) is 10.2 Å². The van der Waals surface area contributed by atoms with Gasteiger partial charge in [0, 0.05) is 112 Å². The van der Waals surface area contributed by atoms with Crippen LogP contribution >= 0.6 is 0 Å². The van der Waals surface area contributed by atoms with Crippen LogP contribution < -0.4 is 10.6 Å². The van der Waals surface area contributed by atoms with E-state index >= 15 is 0 Å². The molecule has 57 heavy (non-hydrogen) atoms. The first-order valence-electron chi connectivity index (χ1n) is 19.7. The Bertz CT molecular complexity index is 2530. The topological polar surface area (TPSA) is 137 Å². The second-order valence-corrected chi connectivity index (χ2v) is 15.7. The molecule has 0 spiro atoms. The van der Waals surface area contributed by atoms with Crippen LogP contribution in [0.2, 0.25) is 0 Å². The molecule has 3 aliphatic rings. The van der Waals surface area contributed by atoms with Crippen molar-refractivity contribution in [1.82, 2.24) is 43.4 Å². The van der Waals surface area contributed by atoms with E-state index in [0.29, 0.717) is 11.9 Å². The number of nitrogens with one attached hydrogen (secondary N) is 2. The van der Waals surface area contributed by atoms with Gasteiger partial charge in [0.2, 0.25) is 11.9 Å². The van der Waals surface area contributed by atoms with Crippen molar-refractivity contribution < 1.29 is 10.2 Å². The predicted molar refractivity (Wildman–Crippen MR) is 223 cm³/mol. The van der Waals surface area contributed by atoms with Crippen LogP contribution in [-0.4, -0.2) is 92.0 Å². The lowest BCUT2D eigenvalue weighted by Crippen LogP contribution is -2.49. The summed E-state index contributed by atoms with van der Waals surface area (Å²) in [6.07, 6.45) is 17.3. The zero-order valence-electron chi connectivity index (χ0n) is 32.7. The Hall–Kier alpha value is -5.86. The van der Waals surface area contributed by atoms with E-state index in [1.807, 2.05) is 29.8 Å². The predicted octanol–water partition coefficient (Wildman–Crippen LogP) is 5.97. The minimum Gasteiger partial charge on any atom is -0.390 e. The van der Waals surface area contributed by atoms with Crippen LogP contribution in [0.25, 0.3) is 22.5 Å². The molecule has 2 fully saturated rings. The van der Waals surface area contributed by atoms with Crippen molar-refractivity contribution in [2.45, 2.75) is 58.4 Å². The van der Waals surface area contributed by atoms with E-state index < -0.39 is 0 Å². The summed E-state index contributed by atoms with van der Waals surface area (Å²) in [5.41, 5.74) is 11.0. The number of fused-ring (bicyclic) bond motifs is 2. The molecule has 1 aliphatic carbocycles. The summed E-state index contributed by atoms with van der Waals surface area (Å²) in [5, 5.41) is 26.8. The van der Waals surface area contributed by atoms with Gasteiger partial charge in [-0.05, 0) is 115 Å². The fourth-order valence-electron chi connectivity index (χ4n) is 7.99. The van der Waals surface area contributed by atoms with Gasteiger partial charge in [-0.1, -0.05) is 6.07 Å². The molecule has 0 saturated carbocycles. The Morgan fingerprint density at radius 3 is 1.77 bits per heavy atom. The maximum atomic E-state index is 9.49. The second-order valence-electron chi connectivity index (χ2n) is 15.7. The molecule has 2 aromatic carbocycles. The molecular formula is C44H49N11O2. The van der Waals surface area contributed by atoms with E-state index in [4.69, 9.17) is 4.98 Å². The average Bonchev–Trinajstić information content (AvgIpc) is 3.98. The van der Waals surface area contributed by atoms with Crippen LogP contribution in [-0.2, 0) is 33.0 Å². The Labute approximate surface area is 332 Å². The van der Waals surface area contributed by atoms with Crippen molar-refractivity contribution in [3.8, 4) is 11.6 Å². The second kappa shape index (κ2) is 15.6. The van der Waals surface area contributed by atoms with Crippen molar-refractivity contribution in [1.29, 1.82) is 0 Å². The minimum atomic E-state index is -0.178. The third-order valence-electron chi connectivity index (χ3n) is 11.2. The quantitative estimate of drug-likeness (QED) is 0.132. The van der Waals surface area contributed by atoms with Crippen molar-refractivity contribution in [3.05, 3.63) is 131 Å². The molecule has 13 nitrogen and oxygen atoms in total. The lowest BCUT2D eigenvalue weighted by molar-refractivity contribution is -0.00315. The maximum absolute atomic E-state index is 9.49. The van der Waals surface area contributed by atoms with Gasteiger partial charge in [0.25, 0.3) is 0 Å². The maximum Gasteiger partial charge on any atom is 0.229 e. The van der Waals surface area contributed by atoms with Crippen LogP contribution in [0.4, 0.5) is 23.3 Å². The monoisotopic (exact) mass is 763 g/mol. The third kappa shape index (κ3) is 8.19. The number of anilines is 4. The third-order valence-corrected chi connectivity index (χ3v) is 11.2. The summed E-state index contributed by atoms with van der Waals surface area (Å²) in [7, 11) is 2.04. The largest absolute Gasteiger partial charge is 0.390 e. The molecule has 292 valence electrons. The highest BCUT2D eigenvalue weighted by Gasteiger charge is 2.26. The Morgan fingerprint density at radius 2 is 1.19 bits per heavy atom. The smallest absolute Gasteiger partial charge is 0.229 e. The molecule has 10 rings (SSSR count). The lowest BCUT2D eigenvalue weighted by Gasteiger charge is -2.35. The minimum absolute atomic E-state index is 0.169. The molecule has 13 heteroatoms. The summed E-state index contributed by atoms with van der Waals surface area (Å²) in [6.45, 7) is 8.95. The van der Waals surface area contributed by atoms with E-state index in [0.717, 1.165) is 68.7 Å². The van der Waals surface area contributed by atoms with Crippen LogP contribution in [0.3, 0.4) is 0 Å². The SMILES string of the molecule is Cc1cn(-c2ccnc(Nc3ccc4c(c3)CCC4)n2)cc1CN1CC(O)C1.Cc1cn(-c2ccnc(Nc3ccc4c(ccn4C)c3)n2)cc1CN1CC(O)C1. The molecule has 0 bridgehead atoms.